The molecule has 196 valence electrons. The Morgan fingerprint density at radius 3 is 2.58 bits per heavy atom. The maximum absolute atomic E-state index is 13.2. The summed E-state index contributed by atoms with van der Waals surface area (Å²) >= 11 is 0. The lowest BCUT2D eigenvalue weighted by Gasteiger charge is -2.36. The molecule has 0 radical (unpaired) electrons. The highest BCUT2D eigenvalue weighted by Gasteiger charge is 2.29. The lowest BCUT2D eigenvalue weighted by atomic mass is 9.99. The molecule has 3 N–H and O–H groups in total. The van der Waals surface area contributed by atoms with E-state index in [1.807, 2.05) is 30.0 Å². The molecule has 2 unspecified atom stereocenters. The molecule has 0 spiro atoms. The Morgan fingerprint density at radius 1 is 1.11 bits per heavy atom. The normalized spacial score (nSPS) is 16.4. The number of hydrogen-bond acceptors (Lipinski definition) is 4. The molecule has 0 bridgehead atoms. The van der Waals surface area contributed by atoms with Crippen molar-refractivity contribution in [1.29, 1.82) is 0 Å². The SMILES string of the molecule is CCCCCNC(=O)N(C)c1cccc(-c2ccc(CC(NCC)C(=O)N3CCNCC3C)cc2)c1. The molecule has 0 saturated carbocycles. The van der Waals surface area contributed by atoms with E-state index in [9.17, 15) is 9.59 Å². The number of benzene rings is 2. The Morgan fingerprint density at radius 2 is 1.89 bits per heavy atom. The highest BCUT2D eigenvalue weighted by Crippen LogP contribution is 2.25. The van der Waals surface area contributed by atoms with E-state index in [4.69, 9.17) is 0 Å². The second kappa shape index (κ2) is 14.0. The maximum atomic E-state index is 13.2. The van der Waals surface area contributed by atoms with Crippen LogP contribution in [0, 0.1) is 0 Å². The van der Waals surface area contributed by atoms with Gasteiger partial charge < -0.3 is 20.9 Å². The monoisotopic (exact) mass is 493 g/mol. The van der Waals surface area contributed by atoms with Gasteiger partial charge in [0, 0.05) is 45.0 Å². The maximum Gasteiger partial charge on any atom is 0.321 e. The van der Waals surface area contributed by atoms with Crippen molar-refractivity contribution in [3.63, 3.8) is 0 Å². The number of piperazine rings is 1. The van der Waals surface area contributed by atoms with E-state index in [0.29, 0.717) is 13.0 Å². The molecular formula is C29H43N5O2. The summed E-state index contributed by atoms with van der Waals surface area (Å²) in [7, 11) is 1.80. The molecule has 36 heavy (non-hydrogen) atoms. The molecule has 1 saturated heterocycles. The van der Waals surface area contributed by atoms with Crippen LogP contribution in [0.25, 0.3) is 11.1 Å². The third-order valence-corrected chi connectivity index (χ3v) is 6.85. The molecule has 7 heteroatoms. The van der Waals surface area contributed by atoms with Crippen LogP contribution < -0.4 is 20.9 Å². The summed E-state index contributed by atoms with van der Waals surface area (Å²) in [5, 5.41) is 9.74. The highest BCUT2D eigenvalue weighted by molar-refractivity contribution is 5.92. The summed E-state index contributed by atoms with van der Waals surface area (Å²) in [5.41, 5.74) is 4.12. The lowest BCUT2D eigenvalue weighted by Crippen LogP contribution is -2.57. The van der Waals surface area contributed by atoms with Crippen LogP contribution in [0.4, 0.5) is 10.5 Å². The fourth-order valence-electron chi connectivity index (χ4n) is 4.63. The van der Waals surface area contributed by atoms with Crippen LogP contribution in [0.3, 0.4) is 0 Å². The molecule has 2 aromatic carbocycles. The molecular weight excluding hydrogens is 450 g/mol. The lowest BCUT2D eigenvalue weighted by molar-refractivity contribution is -0.136. The van der Waals surface area contributed by atoms with Crippen molar-refractivity contribution in [2.75, 3.05) is 44.7 Å². The minimum atomic E-state index is -0.228. The topological polar surface area (TPSA) is 76.7 Å². The first-order valence-corrected chi connectivity index (χ1v) is 13.4. The van der Waals surface area contributed by atoms with Crippen molar-refractivity contribution >= 4 is 17.6 Å². The smallest absolute Gasteiger partial charge is 0.321 e. The zero-order chi connectivity index (χ0) is 25.9. The largest absolute Gasteiger partial charge is 0.338 e. The number of carbonyl (C=O) groups is 2. The Balaban J connectivity index is 1.66. The van der Waals surface area contributed by atoms with Gasteiger partial charge in [0.2, 0.25) is 5.91 Å². The Labute approximate surface area is 216 Å². The summed E-state index contributed by atoms with van der Waals surface area (Å²) in [6, 6.07) is 16.3. The van der Waals surface area contributed by atoms with E-state index in [2.05, 4.69) is 60.1 Å². The molecule has 3 rings (SSSR count). The van der Waals surface area contributed by atoms with Gasteiger partial charge in [-0.25, -0.2) is 4.79 Å². The van der Waals surface area contributed by atoms with E-state index in [1.54, 1.807) is 11.9 Å². The van der Waals surface area contributed by atoms with Crippen molar-refractivity contribution in [1.82, 2.24) is 20.9 Å². The van der Waals surface area contributed by atoms with Crippen molar-refractivity contribution < 1.29 is 9.59 Å². The molecule has 1 aliphatic rings. The van der Waals surface area contributed by atoms with Crippen LogP contribution in [0.2, 0.25) is 0 Å². The molecule has 0 aromatic heterocycles. The molecule has 1 fully saturated rings. The van der Waals surface area contributed by atoms with Crippen molar-refractivity contribution in [3.8, 4) is 11.1 Å². The Kier molecular flexibility index (Phi) is 10.8. The fourth-order valence-corrected chi connectivity index (χ4v) is 4.63. The first-order chi connectivity index (χ1) is 17.4. The second-order valence-corrected chi connectivity index (χ2v) is 9.64. The third-order valence-electron chi connectivity index (χ3n) is 6.85. The first-order valence-electron chi connectivity index (χ1n) is 13.4. The van der Waals surface area contributed by atoms with Crippen molar-refractivity contribution in [2.24, 2.45) is 0 Å². The summed E-state index contributed by atoms with van der Waals surface area (Å²) in [4.78, 5) is 29.4. The quantitative estimate of drug-likeness (QED) is 0.413. The number of urea groups is 1. The summed E-state index contributed by atoms with van der Waals surface area (Å²) in [6.07, 6.45) is 3.91. The van der Waals surface area contributed by atoms with Crippen LogP contribution in [0.15, 0.2) is 48.5 Å². The predicted octanol–water partition coefficient (Wildman–Crippen LogP) is 4.03. The van der Waals surface area contributed by atoms with Crippen LogP contribution in [0.5, 0.6) is 0 Å². The number of amides is 3. The first kappa shape index (κ1) is 27.7. The van der Waals surface area contributed by atoms with E-state index in [0.717, 1.165) is 67.8 Å². The van der Waals surface area contributed by atoms with E-state index in [1.165, 1.54) is 0 Å². The minimum absolute atomic E-state index is 0.0865. The summed E-state index contributed by atoms with van der Waals surface area (Å²) < 4.78 is 0. The van der Waals surface area contributed by atoms with Gasteiger partial charge in [0.05, 0.1) is 6.04 Å². The Bertz CT molecular complexity index is 978. The average molecular weight is 494 g/mol. The van der Waals surface area contributed by atoms with Crippen LogP contribution >= 0.6 is 0 Å². The fraction of sp³-hybridized carbons (Fsp3) is 0.517. The van der Waals surface area contributed by atoms with Crippen molar-refractivity contribution in [3.05, 3.63) is 54.1 Å². The highest BCUT2D eigenvalue weighted by atomic mass is 16.2. The number of unbranched alkanes of at least 4 members (excludes halogenated alkanes) is 2. The zero-order valence-corrected chi connectivity index (χ0v) is 22.3. The molecule has 2 atom stereocenters. The minimum Gasteiger partial charge on any atom is -0.338 e. The zero-order valence-electron chi connectivity index (χ0n) is 22.3. The van der Waals surface area contributed by atoms with Gasteiger partial charge in [0.1, 0.15) is 0 Å². The number of nitrogens with one attached hydrogen (secondary N) is 3. The van der Waals surface area contributed by atoms with Crippen LogP contribution in [0.1, 0.15) is 45.6 Å². The van der Waals surface area contributed by atoms with Gasteiger partial charge in [-0.3, -0.25) is 9.69 Å². The van der Waals surface area contributed by atoms with Gasteiger partial charge in [0.15, 0.2) is 0 Å². The number of likely N-dealkylation sites (N-methyl/N-ethyl adjacent to an activating group) is 1. The molecule has 1 heterocycles. The van der Waals surface area contributed by atoms with Crippen LogP contribution in [-0.4, -0.2) is 68.7 Å². The van der Waals surface area contributed by atoms with Crippen LogP contribution in [-0.2, 0) is 11.2 Å². The summed E-state index contributed by atoms with van der Waals surface area (Å²) in [6.45, 7) is 10.2. The van der Waals surface area contributed by atoms with Gasteiger partial charge in [-0.05, 0) is 55.1 Å². The molecule has 3 amide bonds. The Hall–Kier alpha value is -2.90. The molecule has 1 aliphatic heterocycles. The van der Waals surface area contributed by atoms with Gasteiger partial charge in [-0.2, -0.15) is 0 Å². The molecule has 2 aromatic rings. The van der Waals surface area contributed by atoms with Gasteiger partial charge in [0.25, 0.3) is 0 Å². The average Bonchev–Trinajstić information content (AvgIpc) is 2.90. The van der Waals surface area contributed by atoms with Gasteiger partial charge in [-0.1, -0.05) is 63.1 Å². The van der Waals surface area contributed by atoms with E-state index < -0.39 is 0 Å². The number of nitrogens with zero attached hydrogens (tertiary/aromatic N) is 2. The number of hydrogen-bond donors (Lipinski definition) is 3. The predicted molar refractivity (Wildman–Crippen MR) is 148 cm³/mol. The third kappa shape index (κ3) is 7.55. The number of carbonyl (C=O) groups excluding carboxylic acids is 2. The van der Waals surface area contributed by atoms with Gasteiger partial charge in [-0.15, -0.1) is 0 Å². The summed E-state index contributed by atoms with van der Waals surface area (Å²) in [5.74, 6) is 0.179. The number of rotatable bonds is 11. The van der Waals surface area contributed by atoms with E-state index in [-0.39, 0.29) is 24.0 Å². The standard InChI is InChI=1S/C29H43N5O2/c1-5-7-8-16-32-29(36)33(4)26-11-9-10-25(20-26)24-14-12-23(13-15-24)19-27(31-6-2)28(35)34-18-17-30-21-22(34)3/h9-15,20,22,27,30-31H,5-8,16-19,21H2,1-4H3,(H,32,36). The number of anilines is 1. The van der Waals surface area contributed by atoms with Gasteiger partial charge >= 0.3 is 6.03 Å². The van der Waals surface area contributed by atoms with E-state index >= 15 is 0 Å². The van der Waals surface area contributed by atoms with Crippen molar-refractivity contribution in [2.45, 2.75) is 58.5 Å². The molecule has 0 aliphatic carbocycles. The second-order valence-electron chi connectivity index (χ2n) is 9.64. The molecule has 7 nitrogen and oxygen atoms in total.